The summed E-state index contributed by atoms with van der Waals surface area (Å²) in [5.41, 5.74) is 0.529. The minimum atomic E-state index is -0.234. The first-order chi connectivity index (χ1) is 8.70. The fourth-order valence-corrected chi connectivity index (χ4v) is 2.02. The highest BCUT2D eigenvalue weighted by Gasteiger charge is 2.11. The number of hydrogen-bond acceptors (Lipinski definition) is 4. The van der Waals surface area contributed by atoms with Crippen molar-refractivity contribution in [1.82, 2.24) is 9.97 Å². The molecule has 4 nitrogen and oxygen atoms in total. The van der Waals surface area contributed by atoms with Crippen molar-refractivity contribution in [2.75, 3.05) is 11.6 Å². The second kappa shape index (κ2) is 5.84. The predicted molar refractivity (Wildman–Crippen MR) is 73.2 cm³/mol. The molecule has 0 fully saturated rings. The SMILES string of the molecule is CSc1ncccc1C(=O)Nc1ccc(Cl)cn1. The lowest BCUT2D eigenvalue weighted by Gasteiger charge is -2.06. The van der Waals surface area contributed by atoms with Crippen LogP contribution in [0.4, 0.5) is 5.82 Å². The number of thioether (sulfide) groups is 1. The highest BCUT2D eigenvalue weighted by molar-refractivity contribution is 7.98. The quantitative estimate of drug-likeness (QED) is 0.877. The van der Waals surface area contributed by atoms with Crippen LogP contribution in [-0.2, 0) is 0 Å². The van der Waals surface area contributed by atoms with Crippen LogP contribution in [0.2, 0.25) is 5.02 Å². The van der Waals surface area contributed by atoms with E-state index in [0.29, 0.717) is 21.4 Å². The molecule has 1 N–H and O–H groups in total. The van der Waals surface area contributed by atoms with Gasteiger partial charge in [0.2, 0.25) is 0 Å². The Bertz CT molecular complexity index is 560. The van der Waals surface area contributed by atoms with Crippen molar-refractivity contribution in [3.8, 4) is 0 Å². The van der Waals surface area contributed by atoms with Crippen molar-refractivity contribution >= 4 is 35.1 Å². The Labute approximate surface area is 114 Å². The normalized spacial score (nSPS) is 10.1. The van der Waals surface area contributed by atoms with Gasteiger partial charge in [0.05, 0.1) is 10.6 Å². The fourth-order valence-electron chi connectivity index (χ4n) is 1.36. The predicted octanol–water partition coefficient (Wildman–Crippen LogP) is 3.10. The zero-order valence-electron chi connectivity index (χ0n) is 9.55. The molecule has 0 spiro atoms. The lowest BCUT2D eigenvalue weighted by molar-refractivity contribution is 0.102. The van der Waals surface area contributed by atoms with E-state index in [9.17, 15) is 4.79 Å². The standard InChI is InChI=1S/C12H10ClN3OS/c1-18-12-9(3-2-6-14-12)11(17)16-10-5-4-8(13)7-15-10/h2-7H,1H3,(H,15,16,17). The van der Waals surface area contributed by atoms with Crippen LogP contribution in [-0.4, -0.2) is 22.1 Å². The number of rotatable bonds is 3. The molecule has 0 radical (unpaired) electrons. The van der Waals surface area contributed by atoms with E-state index in [-0.39, 0.29) is 5.91 Å². The molecule has 2 aromatic rings. The van der Waals surface area contributed by atoms with Gasteiger partial charge >= 0.3 is 0 Å². The zero-order valence-corrected chi connectivity index (χ0v) is 11.1. The van der Waals surface area contributed by atoms with Gasteiger partial charge in [-0.3, -0.25) is 4.79 Å². The van der Waals surface area contributed by atoms with E-state index in [1.165, 1.54) is 18.0 Å². The van der Waals surface area contributed by atoms with Crippen LogP contribution in [0.25, 0.3) is 0 Å². The Morgan fingerprint density at radius 3 is 2.83 bits per heavy atom. The van der Waals surface area contributed by atoms with E-state index >= 15 is 0 Å². The largest absolute Gasteiger partial charge is 0.306 e. The first-order valence-corrected chi connectivity index (χ1v) is 6.73. The Kier molecular flexibility index (Phi) is 4.17. The maximum absolute atomic E-state index is 12.0. The minimum absolute atomic E-state index is 0.234. The van der Waals surface area contributed by atoms with Crippen LogP contribution in [0.5, 0.6) is 0 Å². The van der Waals surface area contributed by atoms with Gasteiger partial charge < -0.3 is 5.32 Å². The summed E-state index contributed by atoms with van der Waals surface area (Å²) in [6.45, 7) is 0. The van der Waals surface area contributed by atoms with Crippen LogP contribution in [0.1, 0.15) is 10.4 Å². The molecule has 0 aliphatic heterocycles. The minimum Gasteiger partial charge on any atom is -0.306 e. The van der Waals surface area contributed by atoms with Crippen molar-refractivity contribution in [3.05, 3.63) is 47.2 Å². The number of hydrogen-bond donors (Lipinski definition) is 1. The number of carbonyl (C=O) groups excluding carboxylic acids is 1. The topological polar surface area (TPSA) is 54.9 Å². The summed E-state index contributed by atoms with van der Waals surface area (Å²) in [6, 6.07) is 6.77. The number of nitrogens with zero attached hydrogens (tertiary/aromatic N) is 2. The fraction of sp³-hybridized carbons (Fsp3) is 0.0833. The second-order valence-corrected chi connectivity index (χ2v) is 4.61. The molecular formula is C12H10ClN3OS. The third-order valence-electron chi connectivity index (χ3n) is 2.18. The lowest BCUT2D eigenvalue weighted by atomic mass is 10.2. The summed E-state index contributed by atoms with van der Waals surface area (Å²) in [5.74, 6) is 0.225. The van der Waals surface area contributed by atoms with Gasteiger partial charge in [-0.25, -0.2) is 9.97 Å². The number of carbonyl (C=O) groups is 1. The van der Waals surface area contributed by atoms with Crippen molar-refractivity contribution in [1.29, 1.82) is 0 Å². The maximum Gasteiger partial charge on any atom is 0.259 e. The maximum atomic E-state index is 12.0. The summed E-state index contributed by atoms with van der Waals surface area (Å²) in [4.78, 5) is 20.2. The van der Waals surface area contributed by atoms with E-state index < -0.39 is 0 Å². The van der Waals surface area contributed by atoms with Gasteiger partial charge in [0.1, 0.15) is 10.8 Å². The van der Waals surface area contributed by atoms with E-state index in [4.69, 9.17) is 11.6 Å². The summed E-state index contributed by atoms with van der Waals surface area (Å²) < 4.78 is 0. The molecule has 0 saturated carbocycles. The molecule has 0 unspecified atom stereocenters. The molecule has 0 atom stereocenters. The summed E-state index contributed by atoms with van der Waals surface area (Å²) in [7, 11) is 0. The average Bonchev–Trinajstić information content (AvgIpc) is 2.41. The summed E-state index contributed by atoms with van der Waals surface area (Å²) in [6.07, 6.45) is 5.01. The monoisotopic (exact) mass is 279 g/mol. The second-order valence-electron chi connectivity index (χ2n) is 3.38. The highest BCUT2D eigenvalue weighted by atomic mass is 35.5. The van der Waals surface area contributed by atoms with Crippen molar-refractivity contribution in [3.63, 3.8) is 0 Å². The number of pyridine rings is 2. The Hall–Kier alpha value is -1.59. The molecule has 0 aromatic carbocycles. The molecular weight excluding hydrogens is 270 g/mol. The molecule has 2 rings (SSSR count). The number of halogens is 1. The van der Waals surface area contributed by atoms with Gasteiger partial charge in [0.15, 0.2) is 0 Å². The van der Waals surface area contributed by atoms with Gasteiger partial charge in [-0.15, -0.1) is 11.8 Å². The number of amides is 1. The third-order valence-corrected chi connectivity index (χ3v) is 3.11. The average molecular weight is 280 g/mol. The molecule has 2 heterocycles. The molecule has 0 aliphatic rings. The molecule has 18 heavy (non-hydrogen) atoms. The molecule has 1 amide bonds. The number of nitrogens with one attached hydrogen (secondary N) is 1. The molecule has 2 aromatic heterocycles. The van der Waals surface area contributed by atoms with Gasteiger partial charge in [0, 0.05) is 12.4 Å². The Morgan fingerprint density at radius 1 is 1.33 bits per heavy atom. The van der Waals surface area contributed by atoms with Crippen molar-refractivity contribution in [2.24, 2.45) is 0 Å². The molecule has 0 aliphatic carbocycles. The molecule has 6 heteroatoms. The molecule has 0 bridgehead atoms. The Balaban J connectivity index is 2.19. The summed E-state index contributed by atoms with van der Waals surface area (Å²) in [5, 5.41) is 3.91. The van der Waals surface area contributed by atoms with Gasteiger partial charge in [-0.2, -0.15) is 0 Å². The van der Waals surface area contributed by atoms with Crippen molar-refractivity contribution in [2.45, 2.75) is 5.03 Å². The number of anilines is 1. The third kappa shape index (κ3) is 3.00. The van der Waals surface area contributed by atoms with E-state index in [1.54, 1.807) is 30.5 Å². The highest BCUT2D eigenvalue weighted by Crippen LogP contribution is 2.18. The van der Waals surface area contributed by atoms with Crippen molar-refractivity contribution < 1.29 is 4.79 Å². The summed E-state index contributed by atoms with van der Waals surface area (Å²) >= 11 is 7.15. The van der Waals surface area contributed by atoms with Crippen LogP contribution in [0.15, 0.2) is 41.7 Å². The molecule has 92 valence electrons. The first kappa shape index (κ1) is 12.9. The van der Waals surface area contributed by atoms with E-state index in [1.807, 2.05) is 6.26 Å². The van der Waals surface area contributed by atoms with Crippen LogP contribution in [0, 0.1) is 0 Å². The smallest absolute Gasteiger partial charge is 0.259 e. The molecule has 0 saturated heterocycles. The Morgan fingerprint density at radius 2 is 2.17 bits per heavy atom. The van der Waals surface area contributed by atoms with Crippen LogP contribution >= 0.6 is 23.4 Å². The number of aromatic nitrogens is 2. The zero-order chi connectivity index (χ0) is 13.0. The lowest BCUT2D eigenvalue weighted by Crippen LogP contribution is -2.14. The van der Waals surface area contributed by atoms with E-state index in [0.717, 1.165) is 0 Å². The van der Waals surface area contributed by atoms with Crippen LogP contribution < -0.4 is 5.32 Å². The van der Waals surface area contributed by atoms with Gasteiger partial charge in [0.25, 0.3) is 5.91 Å². The van der Waals surface area contributed by atoms with Gasteiger partial charge in [-0.1, -0.05) is 11.6 Å². The van der Waals surface area contributed by atoms with Gasteiger partial charge in [-0.05, 0) is 30.5 Å². The first-order valence-electron chi connectivity index (χ1n) is 5.12. The van der Waals surface area contributed by atoms with E-state index in [2.05, 4.69) is 15.3 Å². The van der Waals surface area contributed by atoms with Crippen LogP contribution in [0.3, 0.4) is 0 Å².